The number of nitrogens with zero attached hydrogens (tertiary/aromatic N) is 1. The highest BCUT2D eigenvalue weighted by atomic mass is 35.5. The molecule has 0 saturated carbocycles. The smallest absolute Gasteiger partial charge is 0.337 e. The summed E-state index contributed by atoms with van der Waals surface area (Å²) in [6.07, 6.45) is 2.74. The monoisotopic (exact) mass is 336 g/mol. The van der Waals surface area contributed by atoms with Crippen LogP contribution in [0, 0.1) is 5.82 Å². The number of carbonyl (C=O) groups is 1. The van der Waals surface area contributed by atoms with Crippen LogP contribution in [-0.2, 0) is 10.0 Å². The minimum absolute atomic E-state index is 0.465. The van der Waals surface area contributed by atoms with Crippen molar-refractivity contribution < 1.29 is 22.7 Å². The zero-order valence-electron chi connectivity index (χ0n) is 11.0. The van der Waals surface area contributed by atoms with Crippen LogP contribution in [0.3, 0.4) is 0 Å². The van der Waals surface area contributed by atoms with E-state index in [-0.39, 0.29) is 0 Å². The van der Waals surface area contributed by atoms with Gasteiger partial charge in [-0.2, -0.15) is 0 Å². The van der Waals surface area contributed by atoms with E-state index in [9.17, 15) is 17.6 Å². The van der Waals surface area contributed by atoms with Gasteiger partial charge in [-0.1, -0.05) is 18.0 Å². The minimum atomic E-state index is -4.04. The lowest BCUT2D eigenvalue weighted by Gasteiger charge is -2.26. The standard InChI is InChI=1S/C12H14ClFN2O4S/c13-11-9(12(17)18)6-8(7-10(11)14)21(19,20)15-16-4-2-1-3-5-16/h6-7,15H,1-5H2,(H,17,18). The fourth-order valence-corrected chi connectivity index (χ4v) is 3.43. The van der Waals surface area contributed by atoms with Gasteiger partial charge in [-0.3, -0.25) is 0 Å². The predicted molar refractivity (Wildman–Crippen MR) is 74.1 cm³/mol. The zero-order valence-corrected chi connectivity index (χ0v) is 12.5. The lowest BCUT2D eigenvalue weighted by atomic mass is 10.2. The Kier molecular flexibility index (Phi) is 4.82. The highest BCUT2D eigenvalue weighted by molar-refractivity contribution is 7.89. The molecule has 1 fully saturated rings. The number of aromatic carboxylic acids is 1. The Hall–Kier alpha value is -1.22. The molecule has 1 aromatic rings. The van der Waals surface area contributed by atoms with Crippen molar-refractivity contribution in [3.8, 4) is 0 Å². The summed E-state index contributed by atoms with van der Waals surface area (Å²) in [4.78, 5) is 12.8. The second-order valence-electron chi connectivity index (χ2n) is 4.71. The van der Waals surface area contributed by atoms with Gasteiger partial charge in [0.15, 0.2) is 0 Å². The van der Waals surface area contributed by atoms with E-state index in [1.54, 1.807) is 0 Å². The number of halogens is 2. The Morgan fingerprint density at radius 3 is 2.48 bits per heavy atom. The van der Waals surface area contributed by atoms with Crippen LogP contribution in [0.5, 0.6) is 0 Å². The fourth-order valence-electron chi connectivity index (χ4n) is 2.08. The molecule has 0 aliphatic carbocycles. The van der Waals surface area contributed by atoms with Gasteiger partial charge in [0.25, 0.3) is 10.0 Å². The van der Waals surface area contributed by atoms with Crippen LogP contribution in [0.15, 0.2) is 17.0 Å². The first kappa shape index (κ1) is 16.2. The van der Waals surface area contributed by atoms with Crippen LogP contribution in [-0.4, -0.2) is 37.6 Å². The second-order valence-corrected chi connectivity index (χ2v) is 6.75. The van der Waals surface area contributed by atoms with Crippen LogP contribution < -0.4 is 4.83 Å². The van der Waals surface area contributed by atoms with Crippen molar-refractivity contribution in [1.29, 1.82) is 0 Å². The molecule has 0 bridgehead atoms. The van der Waals surface area contributed by atoms with Gasteiger partial charge in [0, 0.05) is 13.1 Å². The van der Waals surface area contributed by atoms with Gasteiger partial charge >= 0.3 is 5.97 Å². The number of piperidine rings is 1. The molecule has 0 atom stereocenters. The van der Waals surface area contributed by atoms with E-state index in [0.29, 0.717) is 19.2 Å². The summed E-state index contributed by atoms with van der Waals surface area (Å²) in [7, 11) is -4.04. The average Bonchev–Trinajstić information content (AvgIpc) is 2.41. The van der Waals surface area contributed by atoms with Crippen molar-refractivity contribution in [3.63, 3.8) is 0 Å². The molecular formula is C12H14ClFN2O4S. The van der Waals surface area contributed by atoms with Crippen molar-refractivity contribution in [2.24, 2.45) is 0 Å². The van der Waals surface area contributed by atoms with E-state index in [1.807, 2.05) is 0 Å². The molecule has 2 N–H and O–H groups in total. The van der Waals surface area contributed by atoms with Crippen LogP contribution in [0.1, 0.15) is 29.6 Å². The molecule has 6 nitrogen and oxygen atoms in total. The quantitative estimate of drug-likeness (QED) is 0.876. The summed E-state index contributed by atoms with van der Waals surface area (Å²) >= 11 is 5.52. The van der Waals surface area contributed by atoms with Gasteiger partial charge in [0.1, 0.15) is 5.82 Å². The summed E-state index contributed by atoms with van der Waals surface area (Å²) in [6.45, 7) is 1.11. The Morgan fingerprint density at radius 1 is 1.29 bits per heavy atom. The van der Waals surface area contributed by atoms with Crippen molar-refractivity contribution in [2.75, 3.05) is 13.1 Å². The lowest BCUT2D eigenvalue weighted by molar-refractivity contribution is 0.0696. The molecule has 2 rings (SSSR count). The van der Waals surface area contributed by atoms with E-state index in [1.165, 1.54) is 5.01 Å². The van der Waals surface area contributed by atoms with Gasteiger partial charge < -0.3 is 5.11 Å². The number of carboxylic acids is 1. The third kappa shape index (κ3) is 3.70. The number of rotatable bonds is 4. The summed E-state index contributed by atoms with van der Waals surface area (Å²) in [5, 5.41) is 9.83. The molecule has 0 spiro atoms. The molecule has 1 aliphatic rings. The largest absolute Gasteiger partial charge is 0.478 e. The van der Waals surface area contributed by atoms with Gasteiger partial charge in [-0.05, 0) is 25.0 Å². The van der Waals surface area contributed by atoms with Crippen LogP contribution >= 0.6 is 11.6 Å². The second kappa shape index (κ2) is 6.27. The Balaban J connectivity index is 2.33. The van der Waals surface area contributed by atoms with E-state index in [2.05, 4.69) is 4.83 Å². The van der Waals surface area contributed by atoms with Crippen LogP contribution in [0.25, 0.3) is 0 Å². The highest BCUT2D eigenvalue weighted by Gasteiger charge is 2.24. The van der Waals surface area contributed by atoms with E-state index in [0.717, 1.165) is 25.3 Å². The molecule has 21 heavy (non-hydrogen) atoms. The number of hydrogen-bond donors (Lipinski definition) is 2. The van der Waals surface area contributed by atoms with Crippen molar-refractivity contribution >= 4 is 27.6 Å². The first-order chi connectivity index (χ1) is 9.81. The average molecular weight is 337 g/mol. The maximum atomic E-state index is 13.6. The molecular weight excluding hydrogens is 323 g/mol. The fraction of sp³-hybridized carbons (Fsp3) is 0.417. The van der Waals surface area contributed by atoms with E-state index < -0.39 is 37.3 Å². The third-order valence-corrected chi connectivity index (χ3v) is 4.89. The molecule has 0 radical (unpaired) electrons. The summed E-state index contributed by atoms with van der Waals surface area (Å²) in [6, 6.07) is 1.56. The van der Waals surface area contributed by atoms with Crippen molar-refractivity contribution in [3.05, 3.63) is 28.5 Å². The number of carboxylic acid groups (broad SMARTS) is 1. The van der Waals surface area contributed by atoms with Gasteiger partial charge in [0.2, 0.25) is 0 Å². The van der Waals surface area contributed by atoms with Crippen molar-refractivity contribution in [1.82, 2.24) is 9.84 Å². The zero-order chi connectivity index (χ0) is 15.6. The Labute approximate surface area is 126 Å². The first-order valence-electron chi connectivity index (χ1n) is 6.31. The molecule has 1 aromatic carbocycles. The maximum Gasteiger partial charge on any atom is 0.337 e. The topological polar surface area (TPSA) is 86.7 Å². The van der Waals surface area contributed by atoms with Crippen LogP contribution in [0.4, 0.5) is 4.39 Å². The van der Waals surface area contributed by atoms with E-state index >= 15 is 0 Å². The SMILES string of the molecule is O=C(O)c1cc(S(=O)(=O)NN2CCCCC2)cc(F)c1Cl. The maximum absolute atomic E-state index is 13.6. The summed E-state index contributed by atoms with van der Waals surface area (Å²) in [5.74, 6) is -2.58. The molecule has 1 saturated heterocycles. The Morgan fingerprint density at radius 2 is 1.90 bits per heavy atom. The lowest BCUT2D eigenvalue weighted by Crippen LogP contribution is -2.44. The molecule has 0 unspecified atom stereocenters. The first-order valence-corrected chi connectivity index (χ1v) is 8.17. The minimum Gasteiger partial charge on any atom is -0.478 e. The molecule has 1 heterocycles. The van der Waals surface area contributed by atoms with Crippen LogP contribution in [0.2, 0.25) is 5.02 Å². The van der Waals surface area contributed by atoms with E-state index in [4.69, 9.17) is 16.7 Å². The number of hydrazine groups is 1. The van der Waals surface area contributed by atoms with Gasteiger partial charge in [-0.15, -0.1) is 4.83 Å². The summed E-state index contributed by atoms with van der Waals surface area (Å²) in [5.41, 5.74) is -0.587. The summed E-state index contributed by atoms with van der Waals surface area (Å²) < 4.78 is 38.0. The molecule has 0 aromatic heterocycles. The third-order valence-electron chi connectivity index (χ3n) is 3.15. The number of hydrogen-bond acceptors (Lipinski definition) is 4. The molecule has 1 aliphatic heterocycles. The Bertz CT molecular complexity index is 659. The highest BCUT2D eigenvalue weighted by Crippen LogP contribution is 2.24. The predicted octanol–water partition coefficient (Wildman–Crippen LogP) is 1.86. The molecule has 0 amide bonds. The number of benzene rings is 1. The number of nitrogens with one attached hydrogen (secondary N) is 1. The van der Waals surface area contributed by atoms with Gasteiger partial charge in [-0.25, -0.2) is 22.6 Å². The number of sulfonamides is 1. The molecule has 116 valence electrons. The molecule has 9 heteroatoms. The van der Waals surface area contributed by atoms with Crippen molar-refractivity contribution in [2.45, 2.75) is 24.2 Å². The normalized spacial score (nSPS) is 16.9. The van der Waals surface area contributed by atoms with Gasteiger partial charge in [0.05, 0.1) is 15.5 Å².